The smallest absolute Gasteiger partial charge is 0.0782 e. The van der Waals surface area contributed by atoms with Gasteiger partial charge in [0.15, 0.2) is 0 Å². The Kier molecular flexibility index (Phi) is 10.5. The molecule has 0 saturated carbocycles. The second kappa shape index (κ2) is 17.9. The van der Waals surface area contributed by atoms with E-state index < -0.39 is 5.41 Å². The van der Waals surface area contributed by atoms with Crippen LogP contribution < -0.4 is 4.90 Å². The summed E-state index contributed by atoms with van der Waals surface area (Å²) >= 11 is 0. The van der Waals surface area contributed by atoms with Crippen molar-refractivity contribution in [1.82, 2.24) is 4.57 Å². The van der Waals surface area contributed by atoms with Crippen molar-refractivity contribution in [3.05, 3.63) is 325 Å². The van der Waals surface area contributed by atoms with E-state index in [0.717, 1.165) is 45.0 Å². The molecule has 368 valence electrons. The Bertz CT molecular complexity index is 4410. The van der Waals surface area contributed by atoms with E-state index in [1.165, 1.54) is 88.6 Å². The van der Waals surface area contributed by atoms with Gasteiger partial charge in [0.25, 0.3) is 0 Å². The molecule has 0 aliphatic heterocycles. The lowest BCUT2D eigenvalue weighted by Gasteiger charge is -2.46. The molecular weight excluding hydrogens is 941 g/mol. The van der Waals surface area contributed by atoms with Crippen LogP contribution in [0.25, 0.3) is 83.1 Å². The Balaban J connectivity index is 0.943. The van der Waals surface area contributed by atoms with Gasteiger partial charge in [0.2, 0.25) is 0 Å². The first-order chi connectivity index (χ1) is 38.5. The van der Waals surface area contributed by atoms with Gasteiger partial charge in [-0.25, -0.2) is 0 Å². The molecule has 1 aromatic heterocycles. The second-order valence-electron chi connectivity index (χ2n) is 21.5. The molecule has 2 nitrogen and oxygen atoms in total. The average molecular weight is 995 g/mol. The molecule has 15 rings (SSSR count). The highest BCUT2D eigenvalue weighted by atomic mass is 15.2. The van der Waals surface area contributed by atoms with Crippen molar-refractivity contribution >= 4 is 38.9 Å². The maximum absolute atomic E-state index is 2.51. The van der Waals surface area contributed by atoms with Crippen LogP contribution in [0, 0.1) is 0 Å². The van der Waals surface area contributed by atoms with Crippen molar-refractivity contribution in [2.24, 2.45) is 0 Å². The van der Waals surface area contributed by atoms with Crippen LogP contribution >= 0.6 is 0 Å². The Morgan fingerprint density at radius 1 is 0.295 bits per heavy atom. The zero-order chi connectivity index (χ0) is 52.0. The van der Waals surface area contributed by atoms with E-state index in [2.05, 4.69) is 315 Å². The van der Waals surface area contributed by atoms with Gasteiger partial charge in [-0.3, -0.25) is 0 Å². The predicted molar refractivity (Wildman–Crippen MR) is 327 cm³/mol. The van der Waals surface area contributed by atoms with Gasteiger partial charge in [-0.2, -0.15) is 0 Å². The highest BCUT2D eigenvalue weighted by Crippen LogP contribution is 2.62. The van der Waals surface area contributed by atoms with Crippen LogP contribution in [0.2, 0.25) is 0 Å². The number of anilines is 3. The molecule has 12 aromatic carbocycles. The fraction of sp³-hybridized carbons (Fsp3) is 0.0526. The van der Waals surface area contributed by atoms with Gasteiger partial charge in [0.05, 0.1) is 27.8 Å². The molecule has 0 atom stereocenters. The van der Waals surface area contributed by atoms with Crippen molar-refractivity contribution in [1.29, 1.82) is 0 Å². The lowest BCUT2D eigenvalue weighted by atomic mass is 9.55. The summed E-state index contributed by atoms with van der Waals surface area (Å²) < 4.78 is 2.45. The lowest BCUT2D eigenvalue weighted by molar-refractivity contribution is 0.563. The van der Waals surface area contributed by atoms with Crippen LogP contribution in [0.15, 0.2) is 291 Å². The fourth-order valence-corrected chi connectivity index (χ4v) is 13.7. The van der Waals surface area contributed by atoms with Crippen molar-refractivity contribution in [2.45, 2.75) is 24.7 Å². The van der Waals surface area contributed by atoms with Crippen molar-refractivity contribution in [3.8, 4) is 61.3 Å². The number of rotatable bonds is 8. The molecule has 0 N–H and O–H groups in total. The molecule has 0 saturated heterocycles. The van der Waals surface area contributed by atoms with E-state index >= 15 is 0 Å². The van der Waals surface area contributed by atoms with Gasteiger partial charge < -0.3 is 9.47 Å². The van der Waals surface area contributed by atoms with Gasteiger partial charge in [0, 0.05) is 33.1 Å². The van der Waals surface area contributed by atoms with E-state index in [9.17, 15) is 0 Å². The predicted octanol–water partition coefficient (Wildman–Crippen LogP) is 19.9. The fourth-order valence-electron chi connectivity index (χ4n) is 13.7. The quantitative estimate of drug-likeness (QED) is 0.147. The Hall–Kier alpha value is -9.76. The number of hydrogen-bond donors (Lipinski definition) is 0. The van der Waals surface area contributed by atoms with Crippen LogP contribution in [0.4, 0.5) is 17.1 Å². The second-order valence-corrected chi connectivity index (χ2v) is 21.5. The topological polar surface area (TPSA) is 8.17 Å². The monoisotopic (exact) mass is 994 g/mol. The lowest BCUT2D eigenvalue weighted by Crippen LogP contribution is -2.40. The van der Waals surface area contributed by atoms with Crippen LogP contribution in [0.1, 0.15) is 47.2 Å². The van der Waals surface area contributed by atoms with E-state index in [-0.39, 0.29) is 5.41 Å². The summed E-state index contributed by atoms with van der Waals surface area (Å²) in [6, 6.07) is 108. The summed E-state index contributed by atoms with van der Waals surface area (Å²) in [5.41, 5.74) is 26.2. The van der Waals surface area contributed by atoms with Gasteiger partial charge in [-0.05, 0) is 132 Å². The first kappa shape index (κ1) is 45.6. The summed E-state index contributed by atoms with van der Waals surface area (Å²) in [6.07, 6.45) is 0. The van der Waals surface area contributed by atoms with E-state index in [0.29, 0.717) is 0 Å². The highest BCUT2D eigenvalue weighted by molar-refractivity contribution is 6.15. The van der Waals surface area contributed by atoms with Crippen molar-refractivity contribution in [3.63, 3.8) is 0 Å². The van der Waals surface area contributed by atoms with Gasteiger partial charge in [0.1, 0.15) is 0 Å². The molecule has 0 radical (unpaired) electrons. The Morgan fingerprint density at radius 2 is 0.769 bits per heavy atom. The SMILES string of the molecule is CC1(C)c2ccccc2C2(c3ccccc3-c3ccc(-c4ccc(N(c5ccccc5-c5ccccc5-c5ccccc5-c5ccccc5)c5cccc6c7ccccc7n(-c7ccccc7)c56)cc4)cc32)c2ccccc21. The standard InChI is InChI=1S/C76H54N2/c1-75(2)66-37-17-19-39-68(66)76(69-40-20-18-38-67(69)75)65-36-16-13-32-60(65)61-49-46-53(50-70(61)76)51-44-47-55(48-45-51)77(73-43-23-35-64-63-34-15-22-42-72(63)78(74(64)73)54-26-7-4-8-27-54)71-41-21-14-33-62(71)59-31-12-11-30-58(59)57-29-10-9-28-56(57)52-24-5-3-6-25-52/h3-50H,1-2H3. The molecule has 1 spiro atoms. The number of aromatic nitrogens is 1. The zero-order valence-corrected chi connectivity index (χ0v) is 43.6. The number of hydrogen-bond acceptors (Lipinski definition) is 1. The summed E-state index contributed by atoms with van der Waals surface area (Å²) in [5.74, 6) is 0. The van der Waals surface area contributed by atoms with Crippen LogP contribution in [0.5, 0.6) is 0 Å². The highest BCUT2D eigenvalue weighted by Gasteiger charge is 2.53. The molecule has 13 aromatic rings. The number of fused-ring (bicyclic) bond motifs is 12. The summed E-state index contributed by atoms with van der Waals surface area (Å²) in [7, 11) is 0. The molecular formula is C76H54N2. The maximum atomic E-state index is 2.51. The first-order valence-electron chi connectivity index (χ1n) is 27.3. The molecule has 2 heteroatoms. The molecule has 2 aliphatic carbocycles. The molecule has 2 aliphatic rings. The normalized spacial score (nSPS) is 13.5. The van der Waals surface area contributed by atoms with Gasteiger partial charge in [-0.1, -0.05) is 257 Å². The minimum Gasteiger partial charge on any atom is -0.308 e. The molecule has 78 heavy (non-hydrogen) atoms. The van der Waals surface area contributed by atoms with Gasteiger partial charge in [-0.15, -0.1) is 0 Å². The number of nitrogens with zero attached hydrogens (tertiary/aromatic N) is 2. The van der Waals surface area contributed by atoms with Crippen LogP contribution in [0.3, 0.4) is 0 Å². The molecule has 0 amide bonds. The minimum atomic E-state index is -0.473. The van der Waals surface area contributed by atoms with Crippen LogP contribution in [-0.2, 0) is 10.8 Å². The first-order valence-corrected chi connectivity index (χ1v) is 27.3. The summed E-state index contributed by atoms with van der Waals surface area (Å²) in [6.45, 7) is 4.79. The average Bonchev–Trinajstić information content (AvgIpc) is 3.22. The Morgan fingerprint density at radius 3 is 1.46 bits per heavy atom. The van der Waals surface area contributed by atoms with E-state index in [4.69, 9.17) is 0 Å². The summed E-state index contributed by atoms with van der Waals surface area (Å²) in [4.78, 5) is 2.51. The zero-order valence-electron chi connectivity index (χ0n) is 43.6. The van der Waals surface area contributed by atoms with Crippen molar-refractivity contribution < 1.29 is 0 Å². The Labute approximate surface area is 456 Å². The molecule has 0 unspecified atom stereocenters. The third kappa shape index (κ3) is 6.76. The van der Waals surface area contributed by atoms with E-state index in [1.54, 1.807) is 0 Å². The largest absolute Gasteiger partial charge is 0.308 e. The molecule has 1 heterocycles. The third-order valence-electron chi connectivity index (χ3n) is 17.1. The maximum Gasteiger partial charge on any atom is 0.0782 e. The van der Waals surface area contributed by atoms with Crippen molar-refractivity contribution in [2.75, 3.05) is 4.90 Å². The summed E-state index contributed by atoms with van der Waals surface area (Å²) in [5, 5.41) is 2.42. The minimum absolute atomic E-state index is 0.164. The number of benzene rings is 12. The van der Waals surface area contributed by atoms with E-state index in [1.807, 2.05) is 0 Å². The third-order valence-corrected chi connectivity index (χ3v) is 17.1. The van der Waals surface area contributed by atoms with Gasteiger partial charge >= 0.3 is 0 Å². The molecule has 0 bridgehead atoms. The molecule has 0 fully saturated rings. The number of para-hydroxylation sites is 4. The van der Waals surface area contributed by atoms with Crippen LogP contribution in [-0.4, -0.2) is 4.57 Å².